The highest BCUT2D eigenvalue weighted by molar-refractivity contribution is 5.49. The van der Waals surface area contributed by atoms with Crippen molar-refractivity contribution in [1.29, 1.82) is 0 Å². The summed E-state index contributed by atoms with van der Waals surface area (Å²) in [5, 5.41) is 0. The number of hydrogen-bond acceptors (Lipinski definition) is 2. The molecule has 2 rings (SSSR count). The highest BCUT2D eigenvalue weighted by atomic mass is 16.1. The lowest BCUT2D eigenvalue weighted by Gasteiger charge is -2.31. The molecule has 0 aromatic carbocycles. The molecule has 2 heterocycles. The summed E-state index contributed by atoms with van der Waals surface area (Å²) in [5.74, 6) is 0. The Bertz CT molecular complexity index is 188. The molecule has 0 aromatic heterocycles. The second kappa shape index (κ2) is 4.78. The number of nitrogens with zero attached hydrogens (tertiary/aromatic N) is 2. The fourth-order valence-electron chi connectivity index (χ4n) is 2.63. The van der Waals surface area contributed by atoms with Crippen molar-refractivity contribution in [2.45, 2.75) is 44.7 Å². The van der Waals surface area contributed by atoms with Crippen LogP contribution in [0.3, 0.4) is 0 Å². The zero-order chi connectivity index (χ0) is 9.80. The average Bonchev–Trinajstić information content (AvgIpc) is 2.52. The Morgan fingerprint density at radius 2 is 1.64 bits per heavy atom. The van der Waals surface area contributed by atoms with Gasteiger partial charge in [0, 0.05) is 19.6 Å². The van der Waals surface area contributed by atoms with Crippen LogP contribution < -0.4 is 0 Å². The van der Waals surface area contributed by atoms with Gasteiger partial charge >= 0.3 is 6.41 Å². The molecule has 0 aliphatic carbocycles. The smallest absolute Gasteiger partial charge is 0.313 e. The molecule has 3 nitrogen and oxygen atoms in total. The molecule has 1 radical (unpaired) electrons. The number of amides is 1. The Morgan fingerprint density at radius 3 is 2.29 bits per heavy atom. The van der Waals surface area contributed by atoms with Crippen molar-refractivity contribution in [1.82, 2.24) is 9.80 Å². The minimum absolute atomic E-state index is 0.366. The Morgan fingerprint density at radius 1 is 0.929 bits per heavy atom. The van der Waals surface area contributed by atoms with Gasteiger partial charge in [-0.3, -0.25) is 9.69 Å². The molecular weight excluding hydrogens is 176 g/mol. The summed E-state index contributed by atoms with van der Waals surface area (Å²) < 4.78 is 0. The summed E-state index contributed by atoms with van der Waals surface area (Å²) in [6.45, 7) is 3.25. The molecule has 1 amide bonds. The molecule has 2 aliphatic heterocycles. The predicted molar refractivity (Wildman–Crippen MR) is 55.5 cm³/mol. The molecular formula is C11H19N2O. The summed E-state index contributed by atoms with van der Waals surface area (Å²) in [6.07, 6.45) is 10.0. The number of carbonyl (C=O) groups excluding carboxylic acids is 1. The van der Waals surface area contributed by atoms with Gasteiger partial charge in [0.2, 0.25) is 0 Å². The van der Waals surface area contributed by atoms with E-state index in [1.165, 1.54) is 38.8 Å². The van der Waals surface area contributed by atoms with Gasteiger partial charge in [-0.05, 0) is 25.7 Å². The highest BCUT2D eigenvalue weighted by Gasteiger charge is 2.29. The molecule has 3 heteroatoms. The predicted octanol–water partition coefficient (Wildman–Crippen LogP) is 1.35. The summed E-state index contributed by atoms with van der Waals surface area (Å²) in [7, 11) is 0. The lowest BCUT2D eigenvalue weighted by molar-refractivity contribution is 0.122. The largest absolute Gasteiger partial charge is 0.319 e. The topological polar surface area (TPSA) is 23.6 Å². The third-order valence-corrected chi connectivity index (χ3v) is 3.40. The van der Waals surface area contributed by atoms with Gasteiger partial charge in [0.15, 0.2) is 0 Å². The van der Waals surface area contributed by atoms with Gasteiger partial charge in [-0.15, -0.1) is 0 Å². The van der Waals surface area contributed by atoms with E-state index in [4.69, 9.17) is 0 Å². The standard InChI is InChI=1S/C11H19N2O/c14-10-13-9-5-6-11(13)12-7-3-1-2-4-8-12/h11H,1-9H2. The molecule has 1 unspecified atom stereocenters. The SMILES string of the molecule is O=[C]N1CCCC1N1CCCCCC1. The Hall–Kier alpha value is -0.570. The molecule has 2 fully saturated rings. The van der Waals surface area contributed by atoms with E-state index in [1.54, 1.807) is 0 Å². The van der Waals surface area contributed by atoms with Crippen LogP contribution >= 0.6 is 0 Å². The van der Waals surface area contributed by atoms with E-state index in [0.29, 0.717) is 6.17 Å². The summed E-state index contributed by atoms with van der Waals surface area (Å²) in [5.41, 5.74) is 0. The number of likely N-dealkylation sites (tertiary alicyclic amines) is 2. The number of hydrogen-bond donors (Lipinski definition) is 0. The van der Waals surface area contributed by atoms with Crippen molar-refractivity contribution in [3.05, 3.63) is 0 Å². The lowest BCUT2D eigenvalue weighted by atomic mass is 10.2. The maximum absolute atomic E-state index is 10.7. The van der Waals surface area contributed by atoms with Crippen molar-refractivity contribution >= 4 is 6.41 Å². The van der Waals surface area contributed by atoms with Crippen LogP contribution in [0.2, 0.25) is 0 Å². The quantitative estimate of drug-likeness (QED) is 0.664. The maximum Gasteiger partial charge on any atom is 0.313 e. The summed E-state index contributed by atoms with van der Waals surface area (Å²) >= 11 is 0. The third-order valence-electron chi connectivity index (χ3n) is 3.40. The van der Waals surface area contributed by atoms with Crippen molar-refractivity contribution in [3.63, 3.8) is 0 Å². The first-order valence-corrected chi connectivity index (χ1v) is 5.80. The third kappa shape index (κ3) is 2.08. The van der Waals surface area contributed by atoms with Crippen molar-refractivity contribution in [3.8, 4) is 0 Å². The van der Waals surface area contributed by atoms with Crippen LogP contribution in [-0.4, -0.2) is 42.0 Å². The average molecular weight is 195 g/mol. The van der Waals surface area contributed by atoms with Crippen molar-refractivity contribution in [2.75, 3.05) is 19.6 Å². The van der Waals surface area contributed by atoms with Crippen LogP contribution in [0.25, 0.3) is 0 Å². The monoisotopic (exact) mass is 195 g/mol. The van der Waals surface area contributed by atoms with Gasteiger partial charge in [-0.1, -0.05) is 12.8 Å². The second-order valence-corrected chi connectivity index (χ2v) is 4.36. The Kier molecular flexibility index (Phi) is 3.40. The van der Waals surface area contributed by atoms with Gasteiger partial charge in [-0.2, -0.15) is 0 Å². The van der Waals surface area contributed by atoms with Gasteiger partial charge in [0.25, 0.3) is 0 Å². The zero-order valence-corrected chi connectivity index (χ0v) is 8.74. The molecule has 0 aromatic rings. The van der Waals surface area contributed by atoms with Crippen molar-refractivity contribution in [2.24, 2.45) is 0 Å². The van der Waals surface area contributed by atoms with Crippen molar-refractivity contribution < 1.29 is 4.79 Å². The minimum atomic E-state index is 0.366. The highest BCUT2D eigenvalue weighted by Crippen LogP contribution is 2.22. The van der Waals surface area contributed by atoms with E-state index < -0.39 is 0 Å². The van der Waals surface area contributed by atoms with E-state index in [1.807, 2.05) is 4.90 Å². The normalized spacial score (nSPS) is 30.3. The second-order valence-electron chi connectivity index (χ2n) is 4.36. The molecule has 2 aliphatic rings. The first kappa shape index (κ1) is 9.97. The van der Waals surface area contributed by atoms with E-state index in [9.17, 15) is 4.79 Å². The van der Waals surface area contributed by atoms with Crippen LogP contribution in [0.1, 0.15) is 38.5 Å². The molecule has 79 valence electrons. The Balaban J connectivity index is 1.94. The van der Waals surface area contributed by atoms with Crippen LogP contribution in [0.5, 0.6) is 0 Å². The van der Waals surface area contributed by atoms with E-state index >= 15 is 0 Å². The van der Waals surface area contributed by atoms with E-state index in [2.05, 4.69) is 11.3 Å². The van der Waals surface area contributed by atoms with Gasteiger partial charge in [-0.25, -0.2) is 0 Å². The fourth-order valence-corrected chi connectivity index (χ4v) is 2.63. The fraction of sp³-hybridized carbons (Fsp3) is 0.909. The minimum Gasteiger partial charge on any atom is -0.319 e. The molecule has 1 atom stereocenters. The molecule has 0 saturated carbocycles. The molecule has 0 N–H and O–H groups in total. The summed E-state index contributed by atoms with van der Waals surface area (Å²) in [4.78, 5) is 15.0. The van der Waals surface area contributed by atoms with Crippen LogP contribution in [-0.2, 0) is 4.79 Å². The maximum atomic E-state index is 10.7. The number of rotatable bonds is 2. The molecule has 0 spiro atoms. The molecule has 0 bridgehead atoms. The first-order valence-electron chi connectivity index (χ1n) is 5.80. The van der Waals surface area contributed by atoms with Gasteiger partial charge in [0.05, 0.1) is 6.17 Å². The zero-order valence-electron chi connectivity index (χ0n) is 8.74. The van der Waals surface area contributed by atoms with E-state index in [0.717, 1.165) is 19.4 Å². The van der Waals surface area contributed by atoms with E-state index in [-0.39, 0.29) is 0 Å². The summed E-state index contributed by atoms with van der Waals surface area (Å²) in [6, 6.07) is 0. The molecule has 2 saturated heterocycles. The van der Waals surface area contributed by atoms with Gasteiger partial charge < -0.3 is 4.90 Å². The molecule has 14 heavy (non-hydrogen) atoms. The first-order chi connectivity index (χ1) is 6.92. The lowest BCUT2D eigenvalue weighted by Crippen LogP contribution is -2.44. The van der Waals surface area contributed by atoms with Gasteiger partial charge in [0.1, 0.15) is 0 Å². The van der Waals surface area contributed by atoms with Crippen LogP contribution in [0, 0.1) is 0 Å². The van der Waals surface area contributed by atoms with Crippen LogP contribution in [0.15, 0.2) is 0 Å². The Labute approximate surface area is 86.1 Å². The van der Waals surface area contributed by atoms with Crippen LogP contribution in [0.4, 0.5) is 0 Å².